The number of aliphatic carboxylic acids is 1. The van der Waals surface area contributed by atoms with Gasteiger partial charge >= 0.3 is 5.97 Å². The van der Waals surface area contributed by atoms with E-state index in [9.17, 15) is 9.90 Å². The number of hydrogen-bond acceptors (Lipinski definition) is 3. The molecule has 1 heterocycles. The zero-order chi connectivity index (χ0) is 22.5. The van der Waals surface area contributed by atoms with Crippen LogP contribution >= 0.6 is 23.2 Å². The number of halogens is 2. The summed E-state index contributed by atoms with van der Waals surface area (Å²) in [6.45, 7) is 0.692. The summed E-state index contributed by atoms with van der Waals surface area (Å²) in [5.74, 6) is -0.204. The van der Waals surface area contributed by atoms with Gasteiger partial charge in [0.25, 0.3) is 0 Å². The maximum absolute atomic E-state index is 11.8. The third-order valence-corrected chi connectivity index (χ3v) is 6.03. The van der Waals surface area contributed by atoms with E-state index in [1.54, 1.807) is 18.2 Å². The van der Waals surface area contributed by atoms with Crippen molar-refractivity contribution >= 4 is 40.1 Å². The van der Waals surface area contributed by atoms with Crippen molar-refractivity contribution in [3.63, 3.8) is 0 Å². The first-order valence-electron chi connectivity index (χ1n) is 10.2. The number of fused-ring (bicyclic) bond motifs is 1. The summed E-state index contributed by atoms with van der Waals surface area (Å²) in [5, 5.41) is 15.0. The lowest BCUT2D eigenvalue weighted by atomic mass is 10.0. The molecule has 0 saturated carbocycles. The fourth-order valence-corrected chi connectivity index (χ4v) is 4.04. The average Bonchev–Trinajstić information content (AvgIpc) is 3.20. The standard InChI is InChI=1S/C25H22Cl2N2O3/c26-21-5-3-6-22(27)20(21)15-32-18-10-8-16(9-11-18)13-28-24(25(30)31)12-17-14-29-23-7-2-1-4-19(17)23/h1-11,14,24,28-29H,12-13,15H2,(H,30,31)/t24-/m1/s1. The maximum Gasteiger partial charge on any atom is 0.321 e. The van der Waals surface area contributed by atoms with Crippen molar-refractivity contribution in [3.05, 3.63) is 99.7 Å². The monoisotopic (exact) mass is 468 g/mol. The van der Waals surface area contributed by atoms with Gasteiger partial charge in [-0.1, -0.05) is 59.6 Å². The Morgan fingerprint density at radius 2 is 1.72 bits per heavy atom. The molecule has 4 rings (SSSR count). The molecule has 1 aromatic heterocycles. The average molecular weight is 469 g/mol. The van der Waals surface area contributed by atoms with Crippen LogP contribution in [0.2, 0.25) is 10.0 Å². The number of nitrogens with one attached hydrogen (secondary N) is 2. The molecular weight excluding hydrogens is 447 g/mol. The van der Waals surface area contributed by atoms with Crippen molar-refractivity contribution in [2.45, 2.75) is 25.6 Å². The van der Waals surface area contributed by atoms with Gasteiger partial charge in [-0.05, 0) is 41.5 Å². The summed E-state index contributed by atoms with van der Waals surface area (Å²) in [7, 11) is 0. The van der Waals surface area contributed by atoms with E-state index in [4.69, 9.17) is 27.9 Å². The Morgan fingerprint density at radius 3 is 2.44 bits per heavy atom. The summed E-state index contributed by atoms with van der Waals surface area (Å²) >= 11 is 12.4. The van der Waals surface area contributed by atoms with Crippen LogP contribution in [0.5, 0.6) is 5.75 Å². The van der Waals surface area contributed by atoms with Gasteiger partial charge in [0.15, 0.2) is 0 Å². The number of benzene rings is 3. The smallest absolute Gasteiger partial charge is 0.321 e. The van der Waals surface area contributed by atoms with Gasteiger partial charge in [0.05, 0.1) is 0 Å². The number of carbonyl (C=O) groups is 1. The van der Waals surface area contributed by atoms with Gasteiger partial charge in [0.2, 0.25) is 0 Å². The van der Waals surface area contributed by atoms with Crippen molar-refractivity contribution < 1.29 is 14.6 Å². The van der Waals surface area contributed by atoms with E-state index in [1.807, 2.05) is 54.7 Å². The van der Waals surface area contributed by atoms with Crippen LogP contribution in [0.4, 0.5) is 0 Å². The highest BCUT2D eigenvalue weighted by atomic mass is 35.5. The highest BCUT2D eigenvalue weighted by Gasteiger charge is 2.19. The molecule has 0 fully saturated rings. The predicted molar refractivity (Wildman–Crippen MR) is 128 cm³/mol. The molecule has 0 aliphatic heterocycles. The molecule has 164 valence electrons. The van der Waals surface area contributed by atoms with Gasteiger partial charge in [-0.15, -0.1) is 0 Å². The SMILES string of the molecule is O=C(O)[C@@H](Cc1c[nH]c2ccccc12)NCc1ccc(OCc2c(Cl)cccc2Cl)cc1. The molecule has 4 aromatic rings. The lowest BCUT2D eigenvalue weighted by Crippen LogP contribution is -2.38. The molecule has 1 atom stereocenters. The van der Waals surface area contributed by atoms with Gasteiger partial charge in [0, 0.05) is 45.7 Å². The van der Waals surface area contributed by atoms with Crippen LogP contribution < -0.4 is 10.1 Å². The number of aromatic amines is 1. The molecular formula is C25H22Cl2N2O3. The largest absolute Gasteiger partial charge is 0.489 e. The number of aromatic nitrogens is 1. The van der Waals surface area contributed by atoms with Crippen molar-refractivity contribution in [3.8, 4) is 5.75 Å². The predicted octanol–water partition coefficient (Wildman–Crippen LogP) is 5.84. The van der Waals surface area contributed by atoms with Crippen LogP contribution in [0.15, 0.2) is 72.9 Å². The van der Waals surface area contributed by atoms with E-state index in [1.165, 1.54) is 0 Å². The molecule has 0 saturated heterocycles. The van der Waals surface area contributed by atoms with Gasteiger partial charge in [-0.2, -0.15) is 0 Å². The van der Waals surface area contributed by atoms with E-state index in [0.717, 1.165) is 27.6 Å². The lowest BCUT2D eigenvalue weighted by Gasteiger charge is -2.15. The van der Waals surface area contributed by atoms with E-state index in [2.05, 4.69) is 10.3 Å². The summed E-state index contributed by atoms with van der Waals surface area (Å²) in [6.07, 6.45) is 2.26. The number of carboxylic acids is 1. The fourth-order valence-electron chi connectivity index (χ4n) is 3.54. The quantitative estimate of drug-likeness (QED) is 0.288. The lowest BCUT2D eigenvalue weighted by molar-refractivity contribution is -0.139. The number of carboxylic acid groups (broad SMARTS) is 1. The molecule has 3 N–H and O–H groups in total. The molecule has 0 aliphatic rings. The molecule has 7 heteroatoms. The summed E-state index contributed by atoms with van der Waals surface area (Å²) in [5.41, 5.74) is 3.67. The normalized spacial score (nSPS) is 12.1. The van der Waals surface area contributed by atoms with Crippen LogP contribution in [0.3, 0.4) is 0 Å². The highest BCUT2D eigenvalue weighted by molar-refractivity contribution is 6.35. The first-order chi connectivity index (χ1) is 15.5. The van der Waals surface area contributed by atoms with E-state index >= 15 is 0 Å². The second kappa shape index (κ2) is 10.1. The van der Waals surface area contributed by atoms with Gasteiger partial charge in [-0.25, -0.2) is 0 Å². The summed E-state index contributed by atoms with van der Waals surface area (Å²) in [6, 6.07) is 20.0. The summed E-state index contributed by atoms with van der Waals surface area (Å²) in [4.78, 5) is 15.0. The zero-order valence-electron chi connectivity index (χ0n) is 17.1. The van der Waals surface area contributed by atoms with Crippen LogP contribution in [-0.4, -0.2) is 22.1 Å². The molecule has 5 nitrogen and oxygen atoms in total. The topological polar surface area (TPSA) is 74.3 Å². The summed E-state index contributed by atoms with van der Waals surface area (Å²) < 4.78 is 5.80. The van der Waals surface area contributed by atoms with Gasteiger partial charge < -0.3 is 20.1 Å². The second-order valence-electron chi connectivity index (χ2n) is 7.47. The van der Waals surface area contributed by atoms with E-state index < -0.39 is 12.0 Å². The minimum Gasteiger partial charge on any atom is -0.489 e. The Morgan fingerprint density at radius 1 is 1.00 bits per heavy atom. The first-order valence-corrected chi connectivity index (χ1v) is 10.9. The number of para-hydroxylation sites is 1. The number of hydrogen-bond donors (Lipinski definition) is 3. The molecule has 32 heavy (non-hydrogen) atoms. The molecule has 0 spiro atoms. The van der Waals surface area contributed by atoms with Crippen LogP contribution in [0.1, 0.15) is 16.7 Å². The van der Waals surface area contributed by atoms with Crippen molar-refractivity contribution in [2.24, 2.45) is 0 Å². The van der Waals surface area contributed by atoms with Crippen molar-refractivity contribution in [1.82, 2.24) is 10.3 Å². The Hall–Kier alpha value is -2.99. The second-order valence-corrected chi connectivity index (χ2v) is 8.28. The molecule has 0 unspecified atom stereocenters. The van der Waals surface area contributed by atoms with Crippen LogP contribution in [0, 0.1) is 0 Å². The first kappa shape index (κ1) is 22.2. The fraction of sp³-hybridized carbons (Fsp3) is 0.160. The number of rotatable bonds is 9. The maximum atomic E-state index is 11.8. The minimum absolute atomic E-state index is 0.266. The van der Waals surface area contributed by atoms with Gasteiger partial charge in [0.1, 0.15) is 18.4 Å². The zero-order valence-corrected chi connectivity index (χ0v) is 18.7. The minimum atomic E-state index is -0.883. The molecule has 0 aliphatic carbocycles. The van der Waals surface area contributed by atoms with Gasteiger partial charge in [-0.3, -0.25) is 4.79 Å². The molecule has 0 radical (unpaired) electrons. The van der Waals surface area contributed by atoms with E-state index in [-0.39, 0.29) is 6.61 Å². The molecule has 3 aromatic carbocycles. The Kier molecular flexibility index (Phi) is 7.00. The third-order valence-electron chi connectivity index (χ3n) is 5.32. The Labute approximate surface area is 195 Å². The molecule has 0 bridgehead atoms. The highest BCUT2D eigenvalue weighted by Crippen LogP contribution is 2.26. The van der Waals surface area contributed by atoms with Crippen molar-refractivity contribution in [2.75, 3.05) is 0 Å². The number of ether oxygens (including phenoxy) is 1. The third kappa shape index (κ3) is 5.25. The Bertz CT molecular complexity index is 1200. The Balaban J connectivity index is 1.35. The van der Waals surface area contributed by atoms with E-state index in [0.29, 0.717) is 28.8 Å². The van der Waals surface area contributed by atoms with Crippen LogP contribution in [0.25, 0.3) is 10.9 Å². The molecule has 0 amide bonds. The van der Waals surface area contributed by atoms with Crippen molar-refractivity contribution in [1.29, 1.82) is 0 Å². The van der Waals surface area contributed by atoms with Crippen LogP contribution in [-0.2, 0) is 24.4 Å². The number of H-pyrrole nitrogens is 1.